The maximum absolute atomic E-state index is 11.9. The Morgan fingerprint density at radius 2 is 2.00 bits per heavy atom. The van der Waals surface area contributed by atoms with E-state index in [9.17, 15) is 13.2 Å². The van der Waals surface area contributed by atoms with E-state index >= 15 is 0 Å². The van der Waals surface area contributed by atoms with Crippen molar-refractivity contribution in [3.8, 4) is 0 Å². The zero-order valence-corrected chi connectivity index (χ0v) is 11.6. The average molecular weight is 296 g/mol. The Hall–Kier alpha value is -1.70. The number of carbonyl (C=O) groups excluding carboxylic acids is 1. The molecule has 0 aromatic heterocycles. The van der Waals surface area contributed by atoms with Gasteiger partial charge in [-0.25, -0.2) is 13.9 Å². The molecule has 1 aromatic rings. The molecule has 0 saturated heterocycles. The molecule has 2 N–H and O–H groups in total. The van der Waals surface area contributed by atoms with Crippen LogP contribution in [0.3, 0.4) is 0 Å². The highest BCUT2D eigenvalue weighted by atomic mass is 32.2. The number of hydroxylamine groups is 1. The molecule has 1 aromatic carbocycles. The summed E-state index contributed by atoms with van der Waals surface area (Å²) in [5, 5.41) is 8.39. The van der Waals surface area contributed by atoms with Crippen molar-refractivity contribution in [1.82, 2.24) is 9.79 Å². The van der Waals surface area contributed by atoms with E-state index in [1.807, 2.05) is 36.4 Å². The Morgan fingerprint density at radius 1 is 1.30 bits per heavy atom. The third-order valence-corrected chi connectivity index (χ3v) is 4.89. The molecule has 0 bridgehead atoms. The summed E-state index contributed by atoms with van der Waals surface area (Å²) in [6.45, 7) is 0.576. The molecule has 108 valence electrons. The van der Waals surface area contributed by atoms with E-state index in [1.165, 1.54) is 9.79 Å². The largest absolute Gasteiger partial charge is 0.289 e. The van der Waals surface area contributed by atoms with Gasteiger partial charge in [0.05, 0.1) is 0 Å². The van der Waals surface area contributed by atoms with Crippen LogP contribution in [0.1, 0.15) is 12.0 Å². The van der Waals surface area contributed by atoms with E-state index in [1.54, 1.807) is 0 Å². The molecular formula is C13H16N2O4S. The summed E-state index contributed by atoms with van der Waals surface area (Å²) in [4.78, 5) is 11.0. The molecule has 2 rings (SSSR count). The first-order chi connectivity index (χ1) is 9.53. The van der Waals surface area contributed by atoms with Crippen LogP contribution in [0.2, 0.25) is 0 Å². The molecule has 1 aliphatic heterocycles. The second-order valence-electron chi connectivity index (χ2n) is 4.49. The monoisotopic (exact) mass is 296 g/mol. The fourth-order valence-corrected chi connectivity index (χ4v) is 3.36. The summed E-state index contributed by atoms with van der Waals surface area (Å²) in [6, 6.07) is 9.76. The second-order valence-corrected chi connectivity index (χ2v) is 6.46. The van der Waals surface area contributed by atoms with Gasteiger partial charge < -0.3 is 0 Å². The third-order valence-electron chi connectivity index (χ3n) is 3.15. The smallest absolute Gasteiger partial charge is 0.259 e. The lowest BCUT2D eigenvalue weighted by Gasteiger charge is -2.25. The van der Waals surface area contributed by atoms with Gasteiger partial charge in [-0.1, -0.05) is 36.4 Å². The molecule has 0 fully saturated rings. The fraction of sp³-hybridized carbons (Fsp3) is 0.308. The summed E-state index contributed by atoms with van der Waals surface area (Å²) >= 11 is 0. The van der Waals surface area contributed by atoms with Gasteiger partial charge in [0, 0.05) is 13.1 Å². The van der Waals surface area contributed by atoms with Crippen molar-refractivity contribution in [2.45, 2.75) is 6.42 Å². The minimum atomic E-state index is -3.68. The van der Waals surface area contributed by atoms with Crippen LogP contribution in [0.25, 0.3) is 5.57 Å². The molecule has 0 spiro atoms. The predicted molar refractivity (Wildman–Crippen MR) is 74.3 cm³/mol. The van der Waals surface area contributed by atoms with Crippen LogP contribution in [0, 0.1) is 0 Å². The number of nitrogens with zero attached hydrogens (tertiary/aromatic N) is 1. The number of nitrogens with one attached hydrogen (secondary N) is 1. The first kappa shape index (κ1) is 14.7. The Kier molecular flexibility index (Phi) is 4.53. The highest BCUT2D eigenvalue weighted by molar-refractivity contribution is 7.89. The van der Waals surface area contributed by atoms with Gasteiger partial charge in [-0.15, -0.1) is 0 Å². The predicted octanol–water partition coefficient (Wildman–Crippen LogP) is 0.611. The Balaban J connectivity index is 2.07. The lowest BCUT2D eigenvalue weighted by molar-refractivity contribution is -0.126. The molecule has 0 radical (unpaired) electrons. The topological polar surface area (TPSA) is 86.7 Å². The normalized spacial score (nSPS) is 16.6. The number of benzene rings is 1. The number of hydrogen-bond acceptors (Lipinski definition) is 4. The summed E-state index contributed by atoms with van der Waals surface area (Å²) in [7, 11) is -3.68. The van der Waals surface area contributed by atoms with Crippen LogP contribution >= 0.6 is 0 Å². The quantitative estimate of drug-likeness (QED) is 0.629. The van der Waals surface area contributed by atoms with Crippen molar-refractivity contribution in [3.05, 3.63) is 42.0 Å². The maximum Gasteiger partial charge on any atom is 0.259 e. The molecule has 1 aliphatic rings. The minimum Gasteiger partial charge on any atom is -0.289 e. The van der Waals surface area contributed by atoms with E-state index in [-0.39, 0.29) is 6.54 Å². The summed E-state index contributed by atoms with van der Waals surface area (Å²) in [6.07, 6.45) is 2.46. The van der Waals surface area contributed by atoms with Gasteiger partial charge in [-0.2, -0.15) is 4.31 Å². The zero-order chi connectivity index (χ0) is 14.6. The van der Waals surface area contributed by atoms with Gasteiger partial charge in [0.2, 0.25) is 10.0 Å². The van der Waals surface area contributed by atoms with Crippen LogP contribution in [0.4, 0.5) is 0 Å². The molecule has 1 amide bonds. The average Bonchev–Trinajstić information content (AvgIpc) is 2.48. The highest BCUT2D eigenvalue weighted by Crippen LogP contribution is 2.23. The maximum atomic E-state index is 11.9. The lowest BCUT2D eigenvalue weighted by Crippen LogP contribution is -2.40. The van der Waals surface area contributed by atoms with E-state index in [2.05, 4.69) is 0 Å². The number of amides is 1. The summed E-state index contributed by atoms with van der Waals surface area (Å²) in [5.41, 5.74) is 3.52. The summed E-state index contributed by atoms with van der Waals surface area (Å²) in [5.74, 6) is -1.67. The molecule has 0 atom stereocenters. The van der Waals surface area contributed by atoms with Gasteiger partial charge in [0.15, 0.2) is 0 Å². The summed E-state index contributed by atoms with van der Waals surface area (Å²) < 4.78 is 25.1. The van der Waals surface area contributed by atoms with Crippen LogP contribution in [0.5, 0.6) is 0 Å². The zero-order valence-electron chi connectivity index (χ0n) is 10.8. The number of hydrogen-bond donors (Lipinski definition) is 2. The van der Waals surface area contributed by atoms with Gasteiger partial charge in [-0.05, 0) is 17.6 Å². The van der Waals surface area contributed by atoms with E-state index in [0.717, 1.165) is 11.1 Å². The lowest BCUT2D eigenvalue weighted by atomic mass is 10.0. The van der Waals surface area contributed by atoms with Crippen molar-refractivity contribution in [1.29, 1.82) is 0 Å². The molecule has 6 nitrogen and oxygen atoms in total. The van der Waals surface area contributed by atoms with E-state index in [4.69, 9.17) is 5.21 Å². The van der Waals surface area contributed by atoms with Crippen molar-refractivity contribution in [2.75, 3.05) is 18.8 Å². The van der Waals surface area contributed by atoms with Crippen LogP contribution in [-0.4, -0.2) is 42.7 Å². The van der Waals surface area contributed by atoms with Crippen LogP contribution in [0.15, 0.2) is 36.4 Å². The number of rotatable bonds is 4. The number of carbonyl (C=O) groups is 1. The molecule has 1 heterocycles. The standard InChI is InChI=1S/C13H16N2O4S/c16-13(14-17)10-20(18,19)15-8-6-12(7-9-15)11-4-2-1-3-5-11/h1-6,17H,7-10H2,(H,14,16). The molecule has 0 aliphatic carbocycles. The van der Waals surface area contributed by atoms with Crippen molar-refractivity contribution >= 4 is 21.5 Å². The molecular weight excluding hydrogens is 280 g/mol. The molecule has 7 heteroatoms. The van der Waals surface area contributed by atoms with Crippen LogP contribution < -0.4 is 5.48 Å². The Bertz CT molecular complexity index is 611. The van der Waals surface area contributed by atoms with Gasteiger partial charge in [0.1, 0.15) is 5.75 Å². The van der Waals surface area contributed by atoms with E-state index in [0.29, 0.717) is 13.0 Å². The molecule has 0 saturated carbocycles. The highest BCUT2D eigenvalue weighted by Gasteiger charge is 2.26. The Morgan fingerprint density at radius 3 is 2.55 bits per heavy atom. The fourth-order valence-electron chi connectivity index (χ4n) is 2.11. The first-order valence-electron chi connectivity index (χ1n) is 6.18. The van der Waals surface area contributed by atoms with E-state index < -0.39 is 21.7 Å². The number of sulfonamides is 1. The van der Waals surface area contributed by atoms with Gasteiger partial charge >= 0.3 is 0 Å². The second kappa shape index (κ2) is 6.17. The molecule has 20 heavy (non-hydrogen) atoms. The third kappa shape index (κ3) is 3.44. The van der Waals surface area contributed by atoms with Crippen molar-refractivity contribution in [3.63, 3.8) is 0 Å². The first-order valence-corrected chi connectivity index (χ1v) is 7.79. The Labute approximate surface area is 117 Å². The van der Waals surface area contributed by atoms with Crippen molar-refractivity contribution < 1.29 is 18.4 Å². The van der Waals surface area contributed by atoms with Gasteiger partial charge in [-0.3, -0.25) is 10.0 Å². The van der Waals surface area contributed by atoms with Crippen molar-refractivity contribution in [2.24, 2.45) is 0 Å². The van der Waals surface area contributed by atoms with Gasteiger partial charge in [0.25, 0.3) is 5.91 Å². The molecule has 0 unspecified atom stereocenters. The SMILES string of the molecule is O=C(CS(=O)(=O)N1CC=C(c2ccccc2)CC1)NO. The minimum absolute atomic E-state index is 0.241. The van der Waals surface area contributed by atoms with Crippen LogP contribution in [-0.2, 0) is 14.8 Å².